The summed E-state index contributed by atoms with van der Waals surface area (Å²) in [6, 6.07) is 7.87. The Morgan fingerprint density at radius 3 is 2.50 bits per heavy atom. The van der Waals surface area contributed by atoms with Crippen molar-refractivity contribution in [2.45, 2.75) is 19.6 Å². The molecule has 0 radical (unpaired) electrons. The van der Waals surface area contributed by atoms with Crippen LogP contribution in [-0.4, -0.2) is 23.3 Å². The summed E-state index contributed by atoms with van der Waals surface area (Å²) >= 11 is 5.59. The summed E-state index contributed by atoms with van der Waals surface area (Å²) in [6.07, 6.45) is -1.90. The van der Waals surface area contributed by atoms with E-state index in [2.05, 4.69) is 5.32 Å². The first-order valence-corrected chi connectivity index (χ1v) is 9.05. The van der Waals surface area contributed by atoms with Crippen LogP contribution < -0.4 is 5.32 Å². The molecule has 0 aliphatic rings. The Morgan fingerprint density at radius 2 is 1.90 bits per heavy atom. The van der Waals surface area contributed by atoms with Gasteiger partial charge in [0.15, 0.2) is 5.76 Å². The highest BCUT2D eigenvalue weighted by Gasteiger charge is 2.33. The van der Waals surface area contributed by atoms with Crippen molar-refractivity contribution in [1.29, 1.82) is 0 Å². The lowest BCUT2D eigenvalue weighted by atomic mass is 10.2. The molecule has 1 N–H and O–H groups in total. The van der Waals surface area contributed by atoms with Crippen LogP contribution in [0.4, 0.5) is 18.9 Å². The van der Waals surface area contributed by atoms with Gasteiger partial charge in [0.25, 0.3) is 5.91 Å². The zero-order chi connectivity index (χ0) is 21.9. The number of nitrogens with zero attached hydrogens (tertiary/aromatic N) is 1. The molecule has 0 bridgehead atoms. The van der Waals surface area contributed by atoms with Gasteiger partial charge in [0.2, 0.25) is 5.91 Å². The summed E-state index contributed by atoms with van der Waals surface area (Å²) < 4.78 is 49.5. The highest BCUT2D eigenvalue weighted by molar-refractivity contribution is 6.31. The van der Waals surface area contributed by atoms with Crippen molar-refractivity contribution in [3.05, 3.63) is 76.6 Å². The van der Waals surface area contributed by atoms with Gasteiger partial charge in [-0.2, -0.15) is 13.2 Å². The minimum Gasteiger partial charge on any atom is -0.467 e. The van der Waals surface area contributed by atoms with E-state index in [0.717, 1.165) is 12.1 Å². The zero-order valence-electron chi connectivity index (χ0n) is 15.6. The maximum absolute atomic E-state index is 13.0. The number of carbonyl (C=O) groups excluding carboxylic acids is 2. The summed E-state index contributed by atoms with van der Waals surface area (Å²) in [5, 5.41) is 1.87. The maximum atomic E-state index is 13.0. The third kappa shape index (κ3) is 5.04. The summed E-state index contributed by atoms with van der Waals surface area (Å²) in [5.41, 5.74) is -0.592. The zero-order valence-corrected chi connectivity index (χ0v) is 16.4. The van der Waals surface area contributed by atoms with Crippen LogP contribution in [0.2, 0.25) is 5.02 Å². The second-order valence-corrected chi connectivity index (χ2v) is 6.82. The average molecular weight is 441 g/mol. The molecule has 3 aromatic rings. The molecule has 158 valence electrons. The first-order chi connectivity index (χ1) is 14.1. The number of aryl methyl sites for hydroxylation is 1. The minimum atomic E-state index is -4.67. The van der Waals surface area contributed by atoms with E-state index in [4.69, 9.17) is 20.4 Å². The molecule has 0 aliphatic heterocycles. The number of alkyl halides is 3. The van der Waals surface area contributed by atoms with E-state index < -0.39 is 35.1 Å². The van der Waals surface area contributed by atoms with Crippen LogP contribution in [0.1, 0.15) is 27.4 Å². The molecule has 0 spiro atoms. The van der Waals surface area contributed by atoms with Gasteiger partial charge in [-0.3, -0.25) is 9.59 Å². The molecule has 3 rings (SSSR count). The molecule has 0 fully saturated rings. The van der Waals surface area contributed by atoms with E-state index >= 15 is 0 Å². The monoisotopic (exact) mass is 440 g/mol. The smallest absolute Gasteiger partial charge is 0.417 e. The molecule has 6 nitrogen and oxygen atoms in total. The van der Waals surface area contributed by atoms with Crippen molar-refractivity contribution in [1.82, 2.24) is 4.90 Å². The summed E-state index contributed by atoms with van der Waals surface area (Å²) in [4.78, 5) is 26.5. The molecule has 0 atom stereocenters. The number of carbonyl (C=O) groups is 2. The topological polar surface area (TPSA) is 75.7 Å². The van der Waals surface area contributed by atoms with Crippen LogP contribution in [0.25, 0.3) is 0 Å². The van der Waals surface area contributed by atoms with Crippen LogP contribution in [0, 0.1) is 6.92 Å². The van der Waals surface area contributed by atoms with Crippen molar-refractivity contribution in [2.75, 3.05) is 11.9 Å². The molecule has 0 saturated heterocycles. The lowest BCUT2D eigenvalue weighted by molar-refractivity contribution is -0.137. The van der Waals surface area contributed by atoms with Crippen molar-refractivity contribution in [3.63, 3.8) is 0 Å². The Morgan fingerprint density at radius 1 is 1.13 bits per heavy atom. The predicted molar refractivity (Wildman–Crippen MR) is 102 cm³/mol. The number of amides is 2. The Kier molecular flexibility index (Phi) is 6.21. The van der Waals surface area contributed by atoms with E-state index in [1.54, 1.807) is 25.1 Å². The fraction of sp³-hybridized carbons (Fsp3) is 0.200. The molecular weight excluding hydrogens is 425 g/mol. The van der Waals surface area contributed by atoms with Crippen LogP contribution in [-0.2, 0) is 17.5 Å². The molecule has 2 aromatic heterocycles. The molecule has 0 unspecified atom stereocenters. The van der Waals surface area contributed by atoms with E-state index in [1.807, 2.05) is 0 Å². The second-order valence-electron chi connectivity index (χ2n) is 6.41. The van der Waals surface area contributed by atoms with E-state index in [1.165, 1.54) is 23.5 Å². The van der Waals surface area contributed by atoms with Gasteiger partial charge < -0.3 is 19.1 Å². The van der Waals surface area contributed by atoms with E-state index in [9.17, 15) is 22.8 Å². The second kappa shape index (κ2) is 8.66. The number of halogens is 4. The number of furan rings is 2. The van der Waals surface area contributed by atoms with E-state index in [-0.39, 0.29) is 18.0 Å². The fourth-order valence-electron chi connectivity index (χ4n) is 2.72. The van der Waals surface area contributed by atoms with E-state index in [0.29, 0.717) is 11.3 Å². The summed E-state index contributed by atoms with van der Waals surface area (Å²) in [6.45, 7) is 1.20. The van der Waals surface area contributed by atoms with Crippen LogP contribution >= 0.6 is 11.6 Å². The maximum Gasteiger partial charge on any atom is 0.417 e. The third-order valence-corrected chi connectivity index (χ3v) is 4.49. The van der Waals surface area contributed by atoms with Crippen LogP contribution in [0.5, 0.6) is 0 Å². The quantitative estimate of drug-likeness (QED) is 0.576. The number of nitrogens with one attached hydrogen (secondary N) is 1. The van der Waals surface area contributed by atoms with Gasteiger partial charge >= 0.3 is 6.18 Å². The number of anilines is 1. The van der Waals surface area contributed by atoms with Crippen LogP contribution in [0.15, 0.2) is 57.8 Å². The third-order valence-electron chi connectivity index (χ3n) is 4.16. The number of hydrogen-bond donors (Lipinski definition) is 1. The molecule has 10 heteroatoms. The van der Waals surface area contributed by atoms with Crippen molar-refractivity contribution in [3.8, 4) is 0 Å². The van der Waals surface area contributed by atoms with Gasteiger partial charge in [0, 0.05) is 11.3 Å². The number of benzene rings is 1. The first kappa shape index (κ1) is 21.5. The average Bonchev–Trinajstić information content (AvgIpc) is 3.33. The summed E-state index contributed by atoms with van der Waals surface area (Å²) in [7, 11) is 0. The standard InChI is InChI=1S/C20H16ClF3N2O4/c1-12-6-8-30-18(12)19(28)26(10-14-3-2-7-29-14)11-17(27)25-13-4-5-16(21)15(9-13)20(22,23)24/h2-9H,10-11H2,1H3,(H,25,27). The molecule has 2 heterocycles. The molecule has 2 amide bonds. The van der Waals surface area contributed by atoms with Gasteiger partial charge in [0.05, 0.1) is 29.7 Å². The molecule has 0 saturated carbocycles. The highest BCUT2D eigenvalue weighted by Crippen LogP contribution is 2.36. The largest absolute Gasteiger partial charge is 0.467 e. The molecular formula is C20H16ClF3N2O4. The Labute approximate surface area is 174 Å². The Hall–Kier alpha value is -3.20. The normalized spacial score (nSPS) is 11.4. The SMILES string of the molecule is Cc1ccoc1C(=O)N(CC(=O)Nc1ccc(Cl)c(C(F)(F)F)c1)Cc1ccco1. The van der Waals surface area contributed by atoms with Crippen LogP contribution in [0.3, 0.4) is 0 Å². The minimum absolute atomic E-state index is 0.0339. The van der Waals surface area contributed by atoms with Crippen molar-refractivity contribution >= 4 is 29.1 Å². The molecule has 1 aromatic carbocycles. The molecule has 0 aliphatic carbocycles. The van der Waals surface area contributed by atoms with Gasteiger partial charge in [-0.15, -0.1) is 0 Å². The Balaban J connectivity index is 1.78. The lowest BCUT2D eigenvalue weighted by Crippen LogP contribution is -2.37. The van der Waals surface area contributed by atoms with Gasteiger partial charge in [-0.25, -0.2) is 0 Å². The van der Waals surface area contributed by atoms with Crippen molar-refractivity contribution in [2.24, 2.45) is 0 Å². The summed E-state index contributed by atoms with van der Waals surface area (Å²) in [5.74, 6) is -0.780. The molecule has 30 heavy (non-hydrogen) atoms. The van der Waals surface area contributed by atoms with Gasteiger partial charge in [-0.05, 0) is 43.3 Å². The highest BCUT2D eigenvalue weighted by atomic mass is 35.5. The predicted octanol–water partition coefficient (Wildman–Crippen LogP) is 5.13. The van der Waals surface area contributed by atoms with Gasteiger partial charge in [0.1, 0.15) is 12.3 Å². The lowest BCUT2D eigenvalue weighted by Gasteiger charge is -2.21. The Bertz CT molecular complexity index is 1040. The first-order valence-electron chi connectivity index (χ1n) is 8.67. The van der Waals surface area contributed by atoms with Gasteiger partial charge in [-0.1, -0.05) is 11.6 Å². The fourth-order valence-corrected chi connectivity index (χ4v) is 2.94. The number of rotatable bonds is 6. The van der Waals surface area contributed by atoms with Crippen molar-refractivity contribution < 1.29 is 31.6 Å². The number of hydrogen-bond acceptors (Lipinski definition) is 4.